The molecule has 9 nitrogen and oxygen atoms in total. The summed E-state index contributed by atoms with van der Waals surface area (Å²) in [6, 6.07) is -0.557. The van der Waals surface area contributed by atoms with Crippen molar-refractivity contribution in [3.8, 4) is 0 Å². The Kier molecular flexibility index (Phi) is 7.00. The van der Waals surface area contributed by atoms with Crippen LogP contribution in [0.3, 0.4) is 0 Å². The number of carbonyl (C=O) groups excluding carboxylic acids is 2. The van der Waals surface area contributed by atoms with Crippen molar-refractivity contribution in [2.75, 3.05) is 6.54 Å². The number of esters is 1. The first-order valence-corrected chi connectivity index (χ1v) is 12.6. The number of sulfonamides is 1. The first-order valence-electron chi connectivity index (χ1n) is 8.80. The van der Waals surface area contributed by atoms with Crippen LogP contribution in [0.4, 0.5) is 0 Å². The number of nitrogens with one attached hydrogen (secondary N) is 2. The predicted octanol–water partition coefficient (Wildman–Crippen LogP) is 0.759. The van der Waals surface area contributed by atoms with E-state index in [9.17, 15) is 26.4 Å². The minimum Gasteiger partial charge on any atom is -0.453 e. The van der Waals surface area contributed by atoms with Crippen LogP contribution >= 0.6 is 11.8 Å². The highest BCUT2D eigenvalue weighted by Gasteiger charge is 2.44. The zero-order valence-electron chi connectivity index (χ0n) is 16.0. The highest BCUT2D eigenvalue weighted by Crippen LogP contribution is 2.47. The van der Waals surface area contributed by atoms with Gasteiger partial charge in [0.15, 0.2) is 15.9 Å². The number of amides is 1. The van der Waals surface area contributed by atoms with Crippen molar-refractivity contribution >= 4 is 43.5 Å². The van der Waals surface area contributed by atoms with Crippen LogP contribution in [0.2, 0.25) is 0 Å². The summed E-state index contributed by atoms with van der Waals surface area (Å²) in [6.45, 7) is 6.70. The van der Waals surface area contributed by atoms with E-state index in [2.05, 4.69) is 5.32 Å². The molecule has 0 saturated carbocycles. The van der Waals surface area contributed by atoms with Crippen LogP contribution in [-0.4, -0.2) is 52.7 Å². The predicted molar refractivity (Wildman–Crippen MR) is 106 cm³/mol. The Morgan fingerprint density at radius 1 is 1.36 bits per heavy atom. The van der Waals surface area contributed by atoms with Crippen LogP contribution in [0, 0.1) is 0 Å². The Morgan fingerprint density at radius 3 is 2.57 bits per heavy atom. The number of ether oxygens (including phenoxy) is 1. The largest absolute Gasteiger partial charge is 0.453 e. The van der Waals surface area contributed by atoms with Gasteiger partial charge in [-0.25, -0.2) is 21.6 Å². The fourth-order valence-electron chi connectivity index (χ4n) is 2.75. The molecule has 2 aliphatic rings. The Hall–Kier alpha value is -1.37. The maximum atomic E-state index is 12.7. The van der Waals surface area contributed by atoms with Crippen molar-refractivity contribution in [1.29, 1.82) is 0 Å². The van der Waals surface area contributed by atoms with E-state index in [1.54, 1.807) is 13.8 Å². The Balaban J connectivity index is 2.27. The van der Waals surface area contributed by atoms with Gasteiger partial charge in [-0.3, -0.25) is 9.59 Å². The Bertz CT molecular complexity index is 935. The van der Waals surface area contributed by atoms with Gasteiger partial charge in [-0.05, 0) is 38.5 Å². The van der Waals surface area contributed by atoms with Gasteiger partial charge in [0, 0.05) is 6.42 Å². The van der Waals surface area contributed by atoms with Crippen molar-refractivity contribution < 1.29 is 31.2 Å². The van der Waals surface area contributed by atoms with Crippen LogP contribution in [0.25, 0.3) is 0 Å². The summed E-state index contributed by atoms with van der Waals surface area (Å²) >= 11 is 0.624. The molecule has 0 unspecified atom stereocenters. The monoisotopic (exact) mass is 452 g/mol. The van der Waals surface area contributed by atoms with Crippen LogP contribution in [0.5, 0.6) is 0 Å². The van der Waals surface area contributed by atoms with Crippen LogP contribution in [-0.2, 0) is 34.2 Å². The molecule has 0 spiro atoms. The SMILES string of the molecule is CCN[C@H]1C=C(S(=O)(=O)NC(=O)[C@H](C)OC(=O)CC)SC2=C1C[C@H](C)S2(=O)=O. The van der Waals surface area contributed by atoms with Gasteiger partial charge >= 0.3 is 5.97 Å². The molecule has 0 aromatic carbocycles. The first kappa shape index (κ1) is 22.9. The lowest BCUT2D eigenvalue weighted by molar-refractivity contribution is -0.153. The average Bonchev–Trinajstić information content (AvgIpc) is 2.84. The molecule has 28 heavy (non-hydrogen) atoms. The second-order valence-corrected chi connectivity index (χ2v) is 12.0. The summed E-state index contributed by atoms with van der Waals surface area (Å²) in [6.07, 6.45) is 0.468. The molecule has 0 fully saturated rings. The number of hydrogen-bond donors (Lipinski definition) is 2. The van der Waals surface area contributed by atoms with Crippen LogP contribution in [0.1, 0.15) is 40.5 Å². The number of sulfone groups is 1. The zero-order valence-corrected chi connectivity index (χ0v) is 18.5. The molecule has 2 rings (SSSR count). The van der Waals surface area contributed by atoms with Crippen molar-refractivity contribution in [2.45, 2.75) is 57.9 Å². The lowest BCUT2D eigenvalue weighted by Crippen LogP contribution is -2.40. The molecule has 12 heteroatoms. The van der Waals surface area contributed by atoms with Crippen molar-refractivity contribution in [3.05, 3.63) is 20.1 Å². The molecule has 0 bridgehead atoms. The third kappa shape index (κ3) is 4.61. The third-order valence-electron chi connectivity index (χ3n) is 4.32. The fourth-order valence-corrected chi connectivity index (χ4v) is 7.87. The Labute approximate surface area is 169 Å². The van der Waals surface area contributed by atoms with E-state index in [0.717, 1.165) is 0 Å². The minimum absolute atomic E-state index is 0.0201. The van der Waals surface area contributed by atoms with E-state index < -0.39 is 49.1 Å². The van der Waals surface area contributed by atoms with E-state index in [-0.39, 0.29) is 14.9 Å². The van der Waals surface area contributed by atoms with Crippen molar-refractivity contribution in [2.24, 2.45) is 0 Å². The van der Waals surface area contributed by atoms with Gasteiger partial charge in [-0.1, -0.05) is 25.6 Å². The molecule has 0 radical (unpaired) electrons. The lowest BCUT2D eigenvalue weighted by Gasteiger charge is -2.23. The number of carbonyl (C=O) groups is 2. The molecule has 2 N–H and O–H groups in total. The summed E-state index contributed by atoms with van der Waals surface area (Å²) < 4.78 is 56.9. The summed E-state index contributed by atoms with van der Waals surface area (Å²) in [4.78, 5) is 23.4. The normalized spacial score (nSPS) is 24.9. The minimum atomic E-state index is -4.33. The molecule has 0 aliphatic carbocycles. The molecule has 0 aromatic rings. The topological polar surface area (TPSA) is 136 Å². The highest BCUT2D eigenvalue weighted by molar-refractivity contribution is 8.28. The maximum Gasteiger partial charge on any atom is 0.306 e. The molecule has 3 atom stereocenters. The van der Waals surface area contributed by atoms with E-state index >= 15 is 0 Å². The number of thioether (sulfide) groups is 1. The summed E-state index contributed by atoms with van der Waals surface area (Å²) in [5.41, 5.74) is 0.634. The highest BCUT2D eigenvalue weighted by atomic mass is 32.3. The summed E-state index contributed by atoms with van der Waals surface area (Å²) in [5, 5.41) is 2.43. The smallest absolute Gasteiger partial charge is 0.306 e. The summed E-state index contributed by atoms with van der Waals surface area (Å²) in [5.74, 6) is -1.65. The van der Waals surface area contributed by atoms with Crippen molar-refractivity contribution in [3.63, 3.8) is 0 Å². The van der Waals surface area contributed by atoms with Gasteiger partial charge in [0.05, 0.1) is 11.3 Å². The number of hydrogen-bond acceptors (Lipinski definition) is 9. The van der Waals surface area contributed by atoms with E-state index in [1.807, 2.05) is 11.6 Å². The molecule has 158 valence electrons. The van der Waals surface area contributed by atoms with Gasteiger partial charge in [-0.2, -0.15) is 0 Å². The molecule has 0 aromatic heterocycles. The second kappa shape index (κ2) is 8.56. The van der Waals surface area contributed by atoms with Gasteiger partial charge in [0.1, 0.15) is 8.47 Å². The second-order valence-electron chi connectivity index (χ2n) is 6.45. The summed E-state index contributed by atoms with van der Waals surface area (Å²) in [7, 11) is -7.95. The molecular formula is C16H24N2O7S3. The maximum absolute atomic E-state index is 12.7. The molecule has 2 heterocycles. The van der Waals surface area contributed by atoms with Gasteiger partial charge in [0.2, 0.25) is 0 Å². The van der Waals surface area contributed by atoms with Gasteiger partial charge in [0.25, 0.3) is 15.9 Å². The molecule has 1 amide bonds. The number of rotatable bonds is 7. The first-order chi connectivity index (χ1) is 12.9. The lowest BCUT2D eigenvalue weighted by atomic mass is 10.0. The van der Waals surface area contributed by atoms with Crippen LogP contribution in [0.15, 0.2) is 20.1 Å². The number of likely N-dealkylation sites (N-methyl/N-ethyl adjacent to an activating group) is 1. The molecular weight excluding hydrogens is 428 g/mol. The quantitative estimate of drug-likeness (QED) is 0.536. The van der Waals surface area contributed by atoms with Crippen molar-refractivity contribution in [1.82, 2.24) is 10.0 Å². The average molecular weight is 453 g/mol. The zero-order chi connectivity index (χ0) is 21.3. The van der Waals surface area contributed by atoms with Gasteiger partial charge < -0.3 is 10.1 Å². The molecule has 2 aliphatic heterocycles. The standard InChI is InChI=1S/C16H24N2O7S3/c1-5-13(19)25-10(4)15(20)18-28(23,24)14-8-12(17-6-2)11-7-9(3)27(21,22)16(11)26-14/h8-10,12,17H,5-7H2,1-4H3,(H,18,20)/t9-,10-,12-/m0/s1. The Morgan fingerprint density at radius 2 is 2.00 bits per heavy atom. The van der Waals surface area contributed by atoms with Crippen LogP contribution < -0.4 is 10.0 Å². The third-order valence-corrected chi connectivity index (χ3v) is 10.1. The van der Waals surface area contributed by atoms with E-state index in [1.165, 1.54) is 13.0 Å². The van der Waals surface area contributed by atoms with E-state index in [0.29, 0.717) is 30.3 Å². The fraction of sp³-hybridized carbons (Fsp3) is 0.625. The van der Waals surface area contributed by atoms with Gasteiger partial charge in [-0.15, -0.1) is 0 Å². The van der Waals surface area contributed by atoms with E-state index in [4.69, 9.17) is 4.74 Å². The molecule has 0 saturated heterocycles.